The third kappa shape index (κ3) is 4.50. The molecule has 0 aromatic carbocycles. The van der Waals surface area contributed by atoms with Gasteiger partial charge in [-0.15, -0.1) is 0 Å². The van der Waals surface area contributed by atoms with E-state index in [2.05, 4.69) is 20.8 Å². The molecule has 0 spiro atoms. The minimum atomic E-state index is -0.167. The molecule has 20 heavy (non-hydrogen) atoms. The van der Waals surface area contributed by atoms with Gasteiger partial charge >= 0.3 is 5.63 Å². The normalized spacial score (nSPS) is 17.6. The number of hydrogen-bond donors (Lipinski definition) is 0. The lowest BCUT2D eigenvalue weighted by molar-refractivity contribution is 0.395. The molecule has 2 heteroatoms. The highest BCUT2D eigenvalue weighted by molar-refractivity contribution is 5.29. The second kappa shape index (κ2) is 6.60. The van der Waals surface area contributed by atoms with Crippen LogP contribution in [0.15, 0.2) is 15.3 Å². The fraction of sp³-hybridized carbons (Fsp3) is 0.722. The molecule has 0 amide bonds. The molecular weight excluding hydrogens is 248 g/mol. The molecule has 0 unspecified atom stereocenters. The fourth-order valence-electron chi connectivity index (χ4n) is 3.15. The summed E-state index contributed by atoms with van der Waals surface area (Å²) in [4.78, 5) is 11.8. The van der Waals surface area contributed by atoms with Crippen LogP contribution in [0, 0.1) is 5.41 Å². The zero-order chi connectivity index (χ0) is 14.6. The Morgan fingerprint density at radius 1 is 1.00 bits per heavy atom. The van der Waals surface area contributed by atoms with Crippen LogP contribution in [0.25, 0.3) is 0 Å². The molecule has 1 aliphatic rings. The summed E-state index contributed by atoms with van der Waals surface area (Å²) in [6, 6.07) is 1.73. The minimum absolute atomic E-state index is 0.167. The number of aryl methyl sites for hydroxylation is 1. The summed E-state index contributed by atoms with van der Waals surface area (Å²) in [5.41, 5.74) is 2.60. The Morgan fingerprint density at radius 2 is 1.60 bits per heavy atom. The van der Waals surface area contributed by atoms with Gasteiger partial charge in [-0.25, -0.2) is 4.79 Å². The Bertz CT molecular complexity index is 491. The van der Waals surface area contributed by atoms with Crippen molar-refractivity contribution in [2.75, 3.05) is 0 Å². The number of hydrogen-bond acceptors (Lipinski definition) is 2. The Hall–Kier alpha value is -1.05. The average molecular weight is 276 g/mol. The van der Waals surface area contributed by atoms with E-state index in [4.69, 9.17) is 4.42 Å². The maximum Gasteiger partial charge on any atom is 0.336 e. The smallest absolute Gasteiger partial charge is 0.336 e. The van der Waals surface area contributed by atoms with Gasteiger partial charge in [-0.05, 0) is 42.2 Å². The first-order valence-corrected chi connectivity index (χ1v) is 8.10. The van der Waals surface area contributed by atoms with Crippen LogP contribution in [-0.2, 0) is 19.3 Å². The van der Waals surface area contributed by atoms with Crippen molar-refractivity contribution in [2.24, 2.45) is 5.41 Å². The quantitative estimate of drug-likeness (QED) is 0.746. The Labute approximate surface area is 122 Å². The molecule has 0 saturated carbocycles. The second-order valence-corrected chi connectivity index (χ2v) is 7.35. The Kier molecular flexibility index (Phi) is 5.06. The first-order chi connectivity index (χ1) is 9.46. The first kappa shape index (κ1) is 15.3. The van der Waals surface area contributed by atoms with Crippen LogP contribution in [0.4, 0.5) is 0 Å². The molecule has 1 heterocycles. The van der Waals surface area contributed by atoms with Gasteiger partial charge < -0.3 is 4.42 Å². The topological polar surface area (TPSA) is 30.2 Å². The van der Waals surface area contributed by atoms with E-state index in [9.17, 15) is 4.79 Å². The second-order valence-electron chi connectivity index (χ2n) is 7.35. The molecule has 0 N–H and O–H groups in total. The van der Waals surface area contributed by atoms with Crippen molar-refractivity contribution in [1.82, 2.24) is 0 Å². The predicted molar refractivity (Wildman–Crippen MR) is 83.2 cm³/mol. The summed E-state index contributed by atoms with van der Waals surface area (Å²) >= 11 is 0. The van der Waals surface area contributed by atoms with Crippen molar-refractivity contribution in [3.63, 3.8) is 0 Å². The summed E-state index contributed by atoms with van der Waals surface area (Å²) in [7, 11) is 0. The van der Waals surface area contributed by atoms with Crippen molar-refractivity contribution in [3.8, 4) is 0 Å². The van der Waals surface area contributed by atoms with Gasteiger partial charge in [0, 0.05) is 12.5 Å². The van der Waals surface area contributed by atoms with E-state index in [0.29, 0.717) is 0 Å². The van der Waals surface area contributed by atoms with Crippen molar-refractivity contribution in [3.05, 3.63) is 33.4 Å². The van der Waals surface area contributed by atoms with Gasteiger partial charge in [0.15, 0.2) is 0 Å². The minimum Gasteiger partial charge on any atom is -0.428 e. The Morgan fingerprint density at radius 3 is 2.25 bits per heavy atom. The molecule has 2 nitrogen and oxygen atoms in total. The van der Waals surface area contributed by atoms with Gasteiger partial charge in [0.1, 0.15) is 5.76 Å². The van der Waals surface area contributed by atoms with Crippen molar-refractivity contribution < 1.29 is 4.42 Å². The monoisotopic (exact) mass is 276 g/mol. The van der Waals surface area contributed by atoms with E-state index in [1.165, 1.54) is 43.2 Å². The molecule has 1 aromatic heterocycles. The van der Waals surface area contributed by atoms with E-state index in [0.717, 1.165) is 31.4 Å². The summed E-state index contributed by atoms with van der Waals surface area (Å²) in [5, 5.41) is 0. The van der Waals surface area contributed by atoms with Gasteiger partial charge in [0.05, 0.1) is 0 Å². The molecule has 0 aliphatic heterocycles. The van der Waals surface area contributed by atoms with Crippen molar-refractivity contribution in [2.45, 2.75) is 78.6 Å². The van der Waals surface area contributed by atoms with Gasteiger partial charge in [0.2, 0.25) is 0 Å². The Balaban J connectivity index is 2.35. The van der Waals surface area contributed by atoms with Crippen LogP contribution in [0.2, 0.25) is 0 Å². The van der Waals surface area contributed by atoms with E-state index in [-0.39, 0.29) is 11.0 Å². The third-order valence-corrected chi connectivity index (χ3v) is 4.04. The van der Waals surface area contributed by atoms with Gasteiger partial charge in [-0.2, -0.15) is 0 Å². The summed E-state index contributed by atoms with van der Waals surface area (Å²) in [6.07, 6.45) is 10.6. The molecule has 0 fully saturated rings. The zero-order valence-corrected chi connectivity index (χ0v) is 13.3. The molecule has 0 bridgehead atoms. The van der Waals surface area contributed by atoms with Crippen LogP contribution >= 0.6 is 0 Å². The van der Waals surface area contributed by atoms with Gasteiger partial charge in [-0.3, -0.25) is 0 Å². The molecule has 0 saturated heterocycles. The SMILES string of the molecule is CC(C)(C)Cc1cc(=O)oc2c1CCCCCCCC2. The highest BCUT2D eigenvalue weighted by atomic mass is 16.4. The molecular formula is C18H28O2. The maximum atomic E-state index is 11.8. The zero-order valence-electron chi connectivity index (χ0n) is 13.3. The molecule has 0 atom stereocenters. The molecule has 112 valence electrons. The van der Waals surface area contributed by atoms with E-state index < -0.39 is 0 Å². The highest BCUT2D eigenvalue weighted by Gasteiger charge is 2.19. The largest absolute Gasteiger partial charge is 0.428 e. The summed E-state index contributed by atoms with van der Waals surface area (Å²) in [6.45, 7) is 6.69. The van der Waals surface area contributed by atoms with Crippen LogP contribution < -0.4 is 5.63 Å². The van der Waals surface area contributed by atoms with E-state index in [1.54, 1.807) is 6.07 Å². The molecule has 2 rings (SSSR count). The van der Waals surface area contributed by atoms with Crippen LogP contribution in [-0.4, -0.2) is 0 Å². The number of rotatable bonds is 1. The van der Waals surface area contributed by atoms with Gasteiger partial charge in [-0.1, -0.05) is 46.5 Å². The summed E-state index contributed by atoms with van der Waals surface area (Å²) < 4.78 is 5.53. The van der Waals surface area contributed by atoms with E-state index >= 15 is 0 Å². The predicted octanol–water partition coefficient (Wildman–Crippen LogP) is 4.67. The van der Waals surface area contributed by atoms with Crippen molar-refractivity contribution in [1.29, 1.82) is 0 Å². The highest BCUT2D eigenvalue weighted by Crippen LogP contribution is 2.27. The molecule has 0 radical (unpaired) electrons. The van der Waals surface area contributed by atoms with Gasteiger partial charge in [0.25, 0.3) is 0 Å². The standard InChI is InChI=1S/C18H28O2/c1-18(2,3)13-14-12-17(19)20-16-11-9-7-5-4-6-8-10-15(14)16/h12H,4-11,13H2,1-3H3. The molecule has 1 aromatic rings. The molecule has 1 aliphatic carbocycles. The van der Waals surface area contributed by atoms with Crippen LogP contribution in [0.5, 0.6) is 0 Å². The van der Waals surface area contributed by atoms with Crippen LogP contribution in [0.3, 0.4) is 0 Å². The summed E-state index contributed by atoms with van der Waals surface area (Å²) in [5.74, 6) is 0.971. The average Bonchev–Trinajstić information content (AvgIpc) is 2.33. The number of fused-ring (bicyclic) bond motifs is 1. The maximum absolute atomic E-state index is 11.8. The fourth-order valence-corrected chi connectivity index (χ4v) is 3.15. The third-order valence-electron chi connectivity index (χ3n) is 4.04. The first-order valence-electron chi connectivity index (χ1n) is 8.10. The van der Waals surface area contributed by atoms with E-state index in [1.807, 2.05) is 0 Å². The lowest BCUT2D eigenvalue weighted by Crippen LogP contribution is -2.16. The van der Waals surface area contributed by atoms with Crippen molar-refractivity contribution >= 4 is 0 Å². The van der Waals surface area contributed by atoms with Crippen LogP contribution in [0.1, 0.15) is 76.2 Å². The lowest BCUT2D eigenvalue weighted by atomic mass is 9.84. The lowest BCUT2D eigenvalue weighted by Gasteiger charge is -2.22.